The Morgan fingerprint density at radius 1 is 1.22 bits per heavy atom. The van der Waals surface area contributed by atoms with Crippen molar-refractivity contribution in [2.45, 2.75) is 56.0 Å². The standard InChI is InChI=1S/C21H27N10O8PS/c22-16-18-24-5-10(31(18)27-7-25-16)12-4-11(33)14(38-12)6-36-40(35,41)39-13-3-9(1-2-32)37-20(13)30-8-26-15-17(30)28-21(23)29-19(15)34/h5,7-9,11-14,20,32-33H,1-4,6H2,(H,35,41)(H2,22,25,27)(H3,23,28,29,34)/t9-,11+,12-,13-,14-,20-,40-/m1/s1. The Morgan fingerprint density at radius 3 is 2.85 bits per heavy atom. The summed E-state index contributed by atoms with van der Waals surface area (Å²) in [6.07, 6.45) is 0.162. The third kappa shape index (κ3) is 5.42. The molecule has 2 saturated heterocycles. The number of ether oxygens (including phenoxy) is 2. The fourth-order valence-electron chi connectivity index (χ4n) is 5.03. The number of aromatic nitrogens is 8. The van der Waals surface area contributed by atoms with Gasteiger partial charge in [0.1, 0.15) is 24.6 Å². The maximum atomic E-state index is 13.3. The highest BCUT2D eigenvalue weighted by Crippen LogP contribution is 2.57. The molecule has 7 atom stereocenters. The van der Waals surface area contributed by atoms with E-state index in [1.165, 1.54) is 27.9 Å². The number of aliphatic hydroxyl groups is 2. The molecule has 4 aromatic rings. The SMILES string of the molecule is Nc1nc2c(ncn2[C@@H]2O[C@H](CCO)C[C@H]2O[P@](=O)(S)OC[C@H]2O[C@@H](c3cnc4c(N)ncnn34)C[C@@H]2O)c(=O)[nH]1. The molecule has 0 aromatic carbocycles. The van der Waals surface area contributed by atoms with Gasteiger partial charge in [-0.25, -0.2) is 24.0 Å². The van der Waals surface area contributed by atoms with E-state index < -0.39 is 49.1 Å². The molecule has 220 valence electrons. The summed E-state index contributed by atoms with van der Waals surface area (Å²) in [5.74, 6) is 0.0751. The second kappa shape index (κ2) is 10.9. The number of aromatic amines is 1. The molecule has 0 radical (unpaired) electrons. The summed E-state index contributed by atoms with van der Waals surface area (Å²) < 4.78 is 39.6. The maximum absolute atomic E-state index is 13.3. The topological polar surface area (TPSA) is 253 Å². The first-order valence-electron chi connectivity index (χ1n) is 12.6. The van der Waals surface area contributed by atoms with E-state index in [1.54, 1.807) is 0 Å². The van der Waals surface area contributed by atoms with Crippen molar-refractivity contribution in [3.8, 4) is 0 Å². The lowest BCUT2D eigenvalue weighted by atomic mass is 10.1. The van der Waals surface area contributed by atoms with E-state index in [4.69, 9.17) is 30.0 Å². The van der Waals surface area contributed by atoms with Crippen molar-refractivity contribution >= 4 is 47.6 Å². The van der Waals surface area contributed by atoms with Gasteiger partial charge in [0.25, 0.3) is 5.56 Å². The molecular formula is C21H27N10O8PS. The van der Waals surface area contributed by atoms with E-state index in [-0.39, 0.29) is 55.4 Å². The molecule has 6 heterocycles. The Balaban J connectivity index is 1.15. The largest absolute Gasteiger partial charge is 0.396 e. The predicted octanol–water partition coefficient (Wildman–Crippen LogP) is -0.278. The number of imidazole rings is 2. The first kappa shape index (κ1) is 28.0. The predicted molar refractivity (Wildman–Crippen MR) is 144 cm³/mol. The van der Waals surface area contributed by atoms with Crippen LogP contribution in [0.5, 0.6) is 0 Å². The fourth-order valence-corrected chi connectivity index (χ4v) is 6.52. The van der Waals surface area contributed by atoms with Gasteiger partial charge in [-0.1, -0.05) is 12.2 Å². The van der Waals surface area contributed by atoms with Gasteiger partial charge < -0.3 is 31.2 Å². The number of rotatable bonds is 9. The number of anilines is 2. The van der Waals surface area contributed by atoms with Crippen LogP contribution in [0.15, 0.2) is 23.6 Å². The number of nitrogens with one attached hydrogen (secondary N) is 1. The average Bonchev–Trinajstić information content (AvgIpc) is 3.68. The normalized spacial score (nSPS) is 28.1. The first-order valence-corrected chi connectivity index (χ1v) is 15.2. The Labute approximate surface area is 235 Å². The number of nitrogens with two attached hydrogens (primary N) is 2. The van der Waals surface area contributed by atoms with Crippen LogP contribution in [0.1, 0.15) is 37.3 Å². The number of H-pyrrole nitrogens is 1. The molecule has 41 heavy (non-hydrogen) atoms. The van der Waals surface area contributed by atoms with E-state index in [0.717, 1.165) is 0 Å². The lowest BCUT2D eigenvalue weighted by Crippen LogP contribution is -2.26. The highest BCUT2D eigenvalue weighted by atomic mass is 32.7. The fraction of sp³-hybridized carbons (Fsp3) is 0.524. The van der Waals surface area contributed by atoms with Crippen molar-refractivity contribution in [1.29, 1.82) is 0 Å². The van der Waals surface area contributed by atoms with Crippen LogP contribution in [-0.2, 0) is 23.1 Å². The van der Waals surface area contributed by atoms with Crippen molar-refractivity contribution < 1.29 is 33.3 Å². The van der Waals surface area contributed by atoms with Gasteiger partial charge in [0, 0.05) is 19.4 Å². The van der Waals surface area contributed by atoms with Gasteiger partial charge in [-0.15, -0.1) is 0 Å². The first-order chi connectivity index (χ1) is 19.6. The second-order valence-electron chi connectivity index (χ2n) is 9.61. The number of thiol groups is 1. The van der Waals surface area contributed by atoms with Crippen LogP contribution in [-0.4, -0.2) is 86.9 Å². The number of nitrogen functional groups attached to an aromatic ring is 2. The minimum Gasteiger partial charge on any atom is -0.396 e. The Kier molecular flexibility index (Phi) is 7.45. The molecule has 0 saturated carbocycles. The third-order valence-corrected chi connectivity index (χ3v) is 8.54. The molecule has 2 aliphatic heterocycles. The van der Waals surface area contributed by atoms with Crippen LogP contribution in [0.4, 0.5) is 11.8 Å². The summed E-state index contributed by atoms with van der Waals surface area (Å²) in [7, 11) is 0. The van der Waals surface area contributed by atoms with Crippen molar-refractivity contribution in [2.75, 3.05) is 24.7 Å². The molecule has 2 fully saturated rings. The van der Waals surface area contributed by atoms with Gasteiger partial charge in [-0.05, 0) is 6.42 Å². The highest BCUT2D eigenvalue weighted by Gasteiger charge is 2.43. The summed E-state index contributed by atoms with van der Waals surface area (Å²) >= 11 is 4.14. The Hall–Kier alpha value is -3.16. The molecule has 7 N–H and O–H groups in total. The Bertz CT molecular complexity index is 1680. The molecule has 0 aliphatic carbocycles. The quantitative estimate of drug-likeness (QED) is 0.105. The van der Waals surface area contributed by atoms with Gasteiger partial charge in [0.05, 0.1) is 37.0 Å². The molecule has 0 amide bonds. The average molecular weight is 611 g/mol. The lowest BCUT2D eigenvalue weighted by Gasteiger charge is -2.24. The molecule has 0 spiro atoms. The van der Waals surface area contributed by atoms with Gasteiger partial charge in [0.15, 0.2) is 28.9 Å². The van der Waals surface area contributed by atoms with Gasteiger partial charge in [0.2, 0.25) is 5.95 Å². The van der Waals surface area contributed by atoms with Crippen molar-refractivity contribution in [2.24, 2.45) is 0 Å². The summed E-state index contributed by atoms with van der Waals surface area (Å²) in [5.41, 5.74) is 12.1. The summed E-state index contributed by atoms with van der Waals surface area (Å²) in [6.45, 7) is -4.51. The van der Waals surface area contributed by atoms with Gasteiger partial charge in [-0.3, -0.25) is 23.4 Å². The third-order valence-electron chi connectivity index (χ3n) is 6.90. The molecule has 0 unspecified atom stereocenters. The van der Waals surface area contributed by atoms with Crippen LogP contribution in [0.3, 0.4) is 0 Å². The minimum atomic E-state index is -4.05. The smallest absolute Gasteiger partial charge is 0.386 e. The van der Waals surface area contributed by atoms with Crippen LogP contribution < -0.4 is 17.0 Å². The van der Waals surface area contributed by atoms with Crippen molar-refractivity contribution in [3.63, 3.8) is 0 Å². The number of hydrogen-bond acceptors (Lipinski definition) is 15. The molecule has 18 nitrogen and oxygen atoms in total. The zero-order chi connectivity index (χ0) is 28.9. The molecular weight excluding hydrogens is 583 g/mol. The molecule has 0 bridgehead atoms. The van der Waals surface area contributed by atoms with Gasteiger partial charge >= 0.3 is 6.80 Å². The van der Waals surface area contributed by atoms with Crippen LogP contribution >= 0.6 is 19.0 Å². The lowest BCUT2D eigenvalue weighted by molar-refractivity contribution is -0.0413. The monoisotopic (exact) mass is 610 g/mol. The van der Waals surface area contributed by atoms with E-state index in [9.17, 15) is 19.6 Å². The number of nitrogens with zero attached hydrogens (tertiary/aromatic N) is 7. The molecule has 6 rings (SSSR count). The molecule has 4 aromatic heterocycles. The van der Waals surface area contributed by atoms with Gasteiger partial charge in [-0.2, -0.15) is 10.1 Å². The molecule has 2 aliphatic rings. The van der Waals surface area contributed by atoms with E-state index >= 15 is 0 Å². The van der Waals surface area contributed by atoms with Crippen LogP contribution in [0, 0.1) is 0 Å². The highest BCUT2D eigenvalue weighted by molar-refractivity contribution is 8.44. The summed E-state index contributed by atoms with van der Waals surface area (Å²) in [5, 5.41) is 24.2. The van der Waals surface area contributed by atoms with E-state index in [2.05, 4.69) is 42.3 Å². The van der Waals surface area contributed by atoms with Crippen molar-refractivity contribution in [1.82, 2.24) is 39.1 Å². The Morgan fingerprint density at radius 2 is 2.05 bits per heavy atom. The van der Waals surface area contributed by atoms with Crippen LogP contribution in [0.2, 0.25) is 0 Å². The number of fused-ring (bicyclic) bond motifs is 2. The van der Waals surface area contributed by atoms with Crippen molar-refractivity contribution in [3.05, 3.63) is 34.9 Å². The van der Waals surface area contributed by atoms with E-state index in [1.807, 2.05) is 0 Å². The van der Waals surface area contributed by atoms with Crippen LogP contribution in [0.25, 0.3) is 16.8 Å². The summed E-state index contributed by atoms with van der Waals surface area (Å²) in [4.78, 5) is 31.0. The maximum Gasteiger partial charge on any atom is 0.386 e. The van der Waals surface area contributed by atoms with E-state index in [0.29, 0.717) is 11.3 Å². The zero-order valence-corrected chi connectivity index (χ0v) is 23.0. The summed E-state index contributed by atoms with van der Waals surface area (Å²) in [6, 6.07) is 0. The second-order valence-corrected chi connectivity index (χ2v) is 12.5. The number of aliphatic hydroxyl groups excluding tert-OH is 2. The minimum absolute atomic E-state index is 0.0273. The zero-order valence-electron chi connectivity index (χ0n) is 21.3. The molecule has 20 heteroatoms. The number of hydrogen-bond donors (Lipinski definition) is 6.